The van der Waals surface area contributed by atoms with Crippen molar-refractivity contribution in [3.8, 4) is 16.3 Å². The quantitative estimate of drug-likeness (QED) is 0.508. The number of nitrogens with zero attached hydrogens (tertiary/aromatic N) is 2. The molecule has 1 aliphatic rings. The number of nitrogens with one attached hydrogen (secondary N) is 2. The Morgan fingerprint density at radius 2 is 1.90 bits per heavy atom. The normalized spacial score (nSPS) is 15.7. The fourth-order valence-corrected chi connectivity index (χ4v) is 4.34. The van der Waals surface area contributed by atoms with E-state index in [9.17, 15) is 4.79 Å². The van der Waals surface area contributed by atoms with Gasteiger partial charge in [0, 0.05) is 16.9 Å². The van der Waals surface area contributed by atoms with Crippen molar-refractivity contribution >= 4 is 28.6 Å². The molecule has 2 N–H and O–H groups in total. The van der Waals surface area contributed by atoms with Crippen LogP contribution in [0.15, 0.2) is 72.2 Å². The van der Waals surface area contributed by atoms with Crippen LogP contribution < -0.4 is 15.0 Å². The lowest BCUT2D eigenvalue weighted by Gasteiger charge is -2.38. The van der Waals surface area contributed by atoms with Gasteiger partial charge < -0.3 is 10.1 Å². The lowest BCUT2D eigenvalue weighted by Crippen LogP contribution is -2.43. The minimum Gasteiger partial charge on any atom is -0.497 e. The van der Waals surface area contributed by atoms with Crippen LogP contribution in [0.4, 0.5) is 11.4 Å². The molecule has 0 aliphatic carbocycles. The SMILES string of the molecule is COc1ccc(N2C(=O)c3ccccc3NC2c2cn[nH]c2-c2cccs2)cc1. The van der Waals surface area contributed by atoms with Gasteiger partial charge in [0.05, 0.1) is 29.4 Å². The summed E-state index contributed by atoms with van der Waals surface area (Å²) in [6.45, 7) is 0. The number of aromatic amines is 1. The Hall–Kier alpha value is -3.58. The second-order valence-electron chi connectivity index (χ2n) is 6.64. The molecule has 1 amide bonds. The Morgan fingerprint density at radius 3 is 2.66 bits per heavy atom. The van der Waals surface area contributed by atoms with E-state index in [2.05, 4.69) is 15.5 Å². The number of thiophene rings is 1. The third-order valence-electron chi connectivity index (χ3n) is 5.01. The van der Waals surface area contributed by atoms with E-state index in [1.54, 1.807) is 29.5 Å². The smallest absolute Gasteiger partial charge is 0.262 e. The first kappa shape index (κ1) is 17.5. The Kier molecular flexibility index (Phi) is 4.29. The number of ether oxygens (including phenoxy) is 1. The van der Waals surface area contributed by atoms with Gasteiger partial charge in [-0.15, -0.1) is 11.3 Å². The number of para-hydroxylation sites is 1. The number of aromatic nitrogens is 2. The predicted molar refractivity (Wildman–Crippen MR) is 115 cm³/mol. The van der Waals surface area contributed by atoms with E-state index < -0.39 is 6.17 Å². The number of H-pyrrole nitrogens is 1. The minimum atomic E-state index is -0.401. The number of methoxy groups -OCH3 is 1. The molecule has 0 radical (unpaired) electrons. The number of rotatable bonds is 4. The van der Waals surface area contributed by atoms with Gasteiger partial charge in [0.1, 0.15) is 11.9 Å². The van der Waals surface area contributed by atoms with Crippen LogP contribution in [0.2, 0.25) is 0 Å². The van der Waals surface area contributed by atoms with Crippen LogP contribution in [0.5, 0.6) is 5.75 Å². The molecular formula is C22H18N4O2S. The highest BCUT2D eigenvalue weighted by Gasteiger charge is 2.36. The van der Waals surface area contributed by atoms with Crippen molar-refractivity contribution in [2.24, 2.45) is 0 Å². The largest absolute Gasteiger partial charge is 0.497 e. The van der Waals surface area contributed by atoms with Crippen molar-refractivity contribution in [2.45, 2.75) is 6.17 Å². The summed E-state index contributed by atoms with van der Waals surface area (Å²) in [5.74, 6) is 0.679. The molecule has 0 spiro atoms. The van der Waals surface area contributed by atoms with E-state index >= 15 is 0 Å². The topological polar surface area (TPSA) is 70.2 Å². The van der Waals surface area contributed by atoms with Gasteiger partial charge in [-0.1, -0.05) is 18.2 Å². The molecule has 1 unspecified atom stereocenters. The lowest BCUT2D eigenvalue weighted by molar-refractivity contribution is 0.0975. The number of hydrogen-bond acceptors (Lipinski definition) is 5. The summed E-state index contributed by atoms with van der Waals surface area (Å²) in [5, 5.41) is 12.9. The third kappa shape index (κ3) is 2.96. The molecule has 0 saturated heterocycles. The first-order valence-corrected chi connectivity index (χ1v) is 10.0. The van der Waals surface area contributed by atoms with E-state index in [0.29, 0.717) is 5.56 Å². The molecule has 7 heteroatoms. The maximum atomic E-state index is 13.5. The van der Waals surface area contributed by atoms with Crippen LogP contribution in [-0.2, 0) is 0 Å². The lowest BCUT2D eigenvalue weighted by atomic mass is 10.0. The second kappa shape index (κ2) is 7.10. The van der Waals surface area contributed by atoms with Gasteiger partial charge in [-0.3, -0.25) is 14.8 Å². The number of fused-ring (bicyclic) bond motifs is 1. The van der Waals surface area contributed by atoms with Gasteiger partial charge in [0.15, 0.2) is 0 Å². The van der Waals surface area contributed by atoms with Gasteiger partial charge >= 0.3 is 0 Å². The van der Waals surface area contributed by atoms with Gasteiger partial charge in [-0.05, 0) is 47.8 Å². The molecule has 6 nitrogen and oxygen atoms in total. The molecule has 1 atom stereocenters. The van der Waals surface area contributed by atoms with Gasteiger partial charge in [-0.25, -0.2) is 0 Å². The van der Waals surface area contributed by atoms with E-state index in [-0.39, 0.29) is 5.91 Å². The molecule has 2 aromatic carbocycles. The summed E-state index contributed by atoms with van der Waals surface area (Å²) >= 11 is 1.63. The summed E-state index contributed by atoms with van der Waals surface area (Å²) in [6.07, 6.45) is 1.38. The average molecular weight is 402 g/mol. The number of hydrogen-bond donors (Lipinski definition) is 2. The first-order valence-electron chi connectivity index (χ1n) is 9.16. The van der Waals surface area contributed by atoms with Crippen molar-refractivity contribution in [3.05, 3.63) is 83.4 Å². The predicted octanol–water partition coefficient (Wildman–Crippen LogP) is 4.92. The Bertz CT molecular complexity index is 1150. The monoisotopic (exact) mass is 402 g/mol. The molecule has 5 rings (SSSR count). The number of anilines is 2. The number of carbonyl (C=O) groups excluding carboxylic acids is 1. The molecule has 0 bridgehead atoms. The van der Waals surface area contributed by atoms with Gasteiger partial charge in [-0.2, -0.15) is 5.10 Å². The fraction of sp³-hybridized carbons (Fsp3) is 0.0909. The number of carbonyl (C=O) groups is 1. The van der Waals surface area contributed by atoms with Crippen LogP contribution >= 0.6 is 11.3 Å². The molecule has 29 heavy (non-hydrogen) atoms. The zero-order chi connectivity index (χ0) is 19.8. The van der Waals surface area contributed by atoms with Crippen molar-refractivity contribution in [1.82, 2.24) is 10.2 Å². The Morgan fingerprint density at radius 1 is 1.07 bits per heavy atom. The highest BCUT2D eigenvalue weighted by Crippen LogP contribution is 2.40. The first-order chi connectivity index (χ1) is 14.3. The zero-order valence-corrected chi connectivity index (χ0v) is 16.4. The fourth-order valence-electron chi connectivity index (χ4n) is 3.60. The molecule has 0 saturated carbocycles. The highest BCUT2D eigenvalue weighted by molar-refractivity contribution is 7.13. The van der Waals surface area contributed by atoms with Gasteiger partial charge in [0.2, 0.25) is 0 Å². The standard InChI is InChI=1S/C22H18N4O2S/c1-28-15-10-8-14(9-11-15)26-21(24-18-6-3-2-5-16(18)22(26)27)17-13-23-25-20(17)19-7-4-12-29-19/h2-13,21,24H,1H3,(H,23,25). The minimum absolute atomic E-state index is 0.0622. The number of amides is 1. The van der Waals surface area contributed by atoms with Crippen LogP contribution in [0, 0.1) is 0 Å². The van der Waals surface area contributed by atoms with Crippen LogP contribution in [-0.4, -0.2) is 23.2 Å². The highest BCUT2D eigenvalue weighted by atomic mass is 32.1. The Balaban J connectivity index is 1.65. The number of benzene rings is 2. The third-order valence-corrected chi connectivity index (χ3v) is 5.90. The average Bonchev–Trinajstić information content (AvgIpc) is 3.45. The summed E-state index contributed by atoms with van der Waals surface area (Å²) in [4.78, 5) is 16.3. The zero-order valence-electron chi connectivity index (χ0n) is 15.6. The van der Waals surface area contributed by atoms with Gasteiger partial charge in [0.25, 0.3) is 5.91 Å². The molecule has 3 heterocycles. The summed E-state index contributed by atoms with van der Waals surface area (Å²) in [6, 6.07) is 19.1. The van der Waals surface area contributed by atoms with Crippen molar-refractivity contribution in [3.63, 3.8) is 0 Å². The van der Waals surface area contributed by atoms with E-state index in [1.165, 1.54) is 0 Å². The maximum absolute atomic E-state index is 13.5. The molecule has 144 valence electrons. The second-order valence-corrected chi connectivity index (χ2v) is 7.59. The van der Waals surface area contributed by atoms with Crippen LogP contribution in [0.3, 0.4) is 0 Å². The maximum Gasteiger partial charge on any atom is 0.262 e. The molecule has 1 aliphatic heterocycles. The molecular weight excluding hydrogens is 384 g/mol. The summed E-state index contributed by atoms with van der Waals surface area (Å²) < 4.78 is 5.27. The van der Waals surface area contributed by atoms with Crippen LogP contribution in [0.1, 0.15) is 22.1 Å². The summed E-state index contributed by atoms with van der Waals surface area (Å²) in [7, 11) is 1.63. The molecule has 4 aromatic rings. The Labute approximate surface area is 171 Å². The van der Waals surface area contributed by atoms with E-state index in [0.717, 1.165) is 33.3 Å². The van der Waals surface area contributed by atoms with Crippen LogP contribution in [0.25, 0.3) is 10.6 Å². The van der Waals surface area contributed by atoms with Crippen molar-refractivity contribution in [1.29, 1.82) is 0 Å². The molecule has 0 fully saturated rings. The van der Waals surface area contributed by atoms with Crippen molar-refractivity contribution in [2.75, 3.05) is 17.3 Å². The van der Waals surface area contributed by atoms with Crippen molar-refractivity contribution < 1.29 is 9.53 Å². The van der Waals surface area contributed by atoms with E-state index in [1.807, 2.05) is 66.0 Å². The summed E-state index contributed by atoms with van der Waals surface area (Å²) in [5.41, 5.74) is 4.04. The van der Waals surface area contributed by atoms with E-state index in [4.69, 9.17) is 4.74 Å². The molecule has 2 aromatic heterocycles.